The Hall–Kier alpha value is -3.08. The van der Waals surface area contributed by atoms with Gasteiger partial charge in [0.1, 0.15) is 11.2 Å². The Morgan fingerprint density at radius 2 is 1.97 bits per heavy atom. The third kappa shape index (κ3) is 4.29. The first-order valence-corrected chi connectivity index (χ1v) is 12.0. The number of fused-ring (bicyclic) bond motifs is 1. The molecule has 0 saturated carbocycles. The van der Waals surface area contributed by atoms with Crippen LogP contribution in [0.1, 0.15) is 44.1 Å². The molecule has 3 aromatic rings. The number of aromatic nitrogens is 4. The number of pyridine rings is 2. The lowest BCUT2D eigenvalue weighted by atomic mass is 10.1. The van der Waals surface area contributed by atoms with Crippen molar-refractivity contribution in [1.82, 2.24) is 25.1 Å². The van der Waals surface area contributed by atoms with Gasteiger partial charge in [0, 0.05) is 37.0 Å². The first-order valence-electron chi connectivity index (χ1n) is 10.1. The van der Waals surface area contributed by atoms with E-state index in [0.29, 0.717) is 27.9 Å². The molecule has 1 unspecified atom stereocenters. The topological polar surface area (TPSA) is 116 Å². The van der Waals surface area contributed by atoms with Gasteiger partial charge in [-0.1, -0.05) is 0 Å². The molecule has 3 aromatic heterocycles. The summed E-state index contributed by atoms with van der Waals surface area (Å²) in [6, 6.07) is 4.97. The van der Waals surface area contributed by atoms with Crippen LogP contribution >= 0.6 is 0 Å². The number of halogens is 1. The zero-order valence-electron chi connectivity index (χ0n) is 18.2. The molecule has 4 heterocycles. The van der Waals surface area contributed by atoms with Gasteiger partial charge in [-0.25, -0.2) is 17.8 Å². The van der Waals surface area contributed by atoms with E-state index in [4.69, 9.17) is 4.74 Å². The number of nitrogens with zero attached hydrogens (tertiary/aromatic N) is 4. The lowest BCUT2D eigenvalue weighted by Gasteiger charge is -2.38. The van der Waals surface area contributed by atoms with Crippen molar-refractivity contribution in [1.29, 1.82) is 0 Å². The molecule has 0 bridgehead atoms. The Morgan fingerprint density at radius 3 is 2.59 bits per heavy atom. The lowest BCUT2D eigenvalue weighted by Crippen LogP contribution is -2.63. The summed E-state index contributed by atoms with van der Waals surface area (Å²) in [4.78, 5) is 21.3. The summed E-state index contributed by atoms with van der Waals surface area (Å²) in [5.74, 6) is -0.436. The van der Waals surface area contributed by atoms with Gasteiger partial charge < -0.3 is 10.1 Å². The van der Waals surface area contributed by atoms with E-state index in [1.807, 2.05) is 13.8 Å². The van der Waals surface area contributed by atoms with Gasteiger partial charge in [-0.05, 0) is 32.9 Å². The Morgan fingerprint density at radius 1 is 1.25 bits per heavy atom. The SMILES string of the molecule is CC(F)Oc1cc(-c2nn(C(C)C)c3cc(C(=O)NC4(C)CS(=O)(=O)C4)cnc23)ccn1. The Bertz CT molecular complexity index is 1290. The van der Waals surface area contributed by atoms with Gasteiger partial charge in [-0.15, -0.1) is 0 Å². The van der Waals surface area contributed by atoms with Crippen LogP contribution < -0.4 is 10.1 Å². The van der Waals surface area contributed by atoms with E-state index in [0.717, 1.165) is 0 Å². The maximum atomic E-state index is 13.2. The summed E-state index contributed by atoms with van der Waals surface area (Å²) in [5.41, 5.74) is 1.94. The molecule has 1 amide bonds. The smallest absolute Gasteiger partial charge is 0.253 e. The molecule has 0 aliphatic carbocycles. The van der Waals surface area contributed by atoms with Gasteiger partial charge in [-0.2, -0.15) is 5.10 Å². The van der Waals surface area contributed by atoms with E-state index < -0.39 is 27.6 Å². The number of hydrogen-bond acceptors (Lipinski definition) is 7. The van der Waals surface area contributed by atoms with Gasteiger partial charge in [0.2, 0.25) is 12.2 Å². The number of rotatable bonds is 6. The number of sulfone groups is 1. The number of hydrogen-bond donors (Lipinski definition) is 1. The molecule has 9 nitrogen and oxygen atoms in total. The fourth-order valence-corrected chi connectivity index (χ4v) is 5.87. The predicted molar refractivity (Wildman–Crippen MR) is 117 cm³/mol. The molecule has 0 radical (unpaired) electrons. The summed E-state index contributed by atoms with van der Waals surface area (Å²) in [6.45, 7) is 6.88. The van der Waals surface area contributed by atoms with Crippen LogP contribution in [0.4, 0.5) is 4.39 Å². The highest BCUT2D eigenvalue weighted by Crippen LogP contribution is 2.31. The molecule has 1 saturated heterocycles. The zero-order chi connectivity index (χ0) is 23.3. The fourth-order valence-electron chi connectivity index (χ4n) is 3.87. The number of carbonyl (C=O) groups is 1. The Balaban J connectivity index is 1.71. The summed E-state index contributed by atoms with van der Waals surface area (Å²) >= 11 is 0. The van der Waals surface area contributed by atoms with E-state index in [2.05, 4.69) is 20.4 Å². The molecular weight excluding hydrogens is 437 g/mol. The van der Waals surface area contributed by atoms with Crippen LogP contribution in [0.2, 0.25) is 0 Å². The average molecular weight is 462 g/mol. The monoisotopic (exact) mass is 461 g/mol. The van der Waals surface area contributed by atoms with Gasteiger partial charge in [-0.3, -0.25) is 14.5 Å². The highest BCUT2D eigenvalue weighted by atomic mass is 32.2. The van der Waals surface area contributed by atoms with Crippen molar-refractivity contribution in [2.75, 3.05) is 11.5 Å². The van der Waals surface area contributed by atoms with Gasteiger partial charge in [0.25, 0.3) is 5.91 Å². The summed E-state index contributed by atoms with van der Waals surface area (Å²) in [6.07, 6.45) is 1.43. The molecule has 4 rings (SSSR count). The molecular formula is C21H24FN5O4S. The van der Waals surface area contributed by atoms with Crippen molar-refractivity contribution >= 4 is 26.8 Å². The van der Waals surface area contributed by atoms with E-state index in [1.165, 1.54) is 19.3 Å². The first kappa shape index (κ1) is 22.1. The highest BCUT2D eigenvalue weighted by Gasteiger charge is 2.45. The average Bonchev–Trinajstić information content (AvgIpc) is 3.05. The van der Waals surface area contributed by atoms with E-state index in [9.17, 15) is 17.6 Å². The van der Waals surface area contributed by atoms with Crippen molar-refractivity contribution in [2.24, 2.45) is 0 Å². The quantitative estimate of drug-likeness (QED) is 0.600. The maximum absolute atomic E-state index is 13.2. The lowest BCUT2D eigenvalue weighted by molar-refractivity contribution is 0.0810. The number of nitrogens with one attached hydrogen (secondary N) is 1. The Kier molecular flexibility index (Phi) is 5.40. The molecule has 1 aliphatic rings. The predicted octanol–water partition coefficient (Wildman–Crippen LogP) is 2.69. The molecule has 170 valence electrons. The van der Waals surface area contributed by atoms with E-state index in [-0.39, 0.29) is 23.4 Å². The van der Waals surface area contributed by atoms with Crippen LogP contribution in [-0.2, 0) is 9.84 Å². The van der Waals surface area contributed by atoms with Crippen LogP contribution in [0, 0.1) is 0 Å². The minimum Gasteiger partial charge on any atom is -0.444 e. The maximum Gasteiger partial charge on any atom is 0.253 e. The summed E-state index contributed by atoms with van der Waals surface area (Å²) in [7, 11) is -3.09. The summed E-state index contributed by atoms with van der Waals surface area (Å²) in [5, 5.41) is 7.46. The molecule has 0 aromatic carbocycles. The minimum atomic E-state index is -3.09. The van der Waals surface area contributed by atoms with Crippen LogP contribution in [0.3, 0.4) is 0 Å². The number of alkyl halides is 1. The fraction of sp³-hybridized carbons (Fsp3) is 0.429. The Labute approximate surface area is 184 Å². The molecule has 11 heteroatoms. The standard InChI is InChI=1S/C21H24FN5O4S/c1-12(2)27-16-7-15(20(28)25-21(4)10-32(29,30)11-21)9-24-19(16)18(26-27)14-5-6-23-17(8-14)31-13(3)22/h5-9,12-13H,10-11H2,1-4H3,(H,25,28). The van der Waals surface area contributed by atoms with E-state index in [1.54, 1.807) is 29.8 Å². The third-order valence-electron chi connectivity index (χ3n) is 5.08. The second-order valence-corrected chi connectivity index (χ2v) is 10.6. The van der Waals surface area contributed by atoms with Crippen molar-refractivity contribution in [3.63, 3.8) is 0 Å². The number of amides is 1. The molecule has 1 aliphatic heterocycles. The zero-order valence-corrected chi connectivity index (χ0v) is 19.0. The minimum absolute atomic E-state index is 0.0240. The van der Waals surface area contributed by atoms with Crippen LogP contribution in [0.15, 0.2) is 30.6 Å². The van der Waals surface area contributed by atoms with Crippen LogP contribution in [0.25, 0.3) is 22.3 Å². The van der Waals surface area contributed by atoms with Crippen LogP contribution in [0.5, 0.6) is 5.88 Å². The van der Waals surface area contributed by atoms with Crippen molar-refractivity contribution < 1.29 is 22.3 Å². The normalized spacial score (nSPS) is 17.7. The molecule has 0 spiro atoms. The number of carbonyl (C=O) groups excluding carboxylic acids is 1. The van der Waals surface area contributed by atoms with Gasteiger partial charge in [0.15, 0.2) is 9.84 Å². The first-order chi connectivity index (χ1) is 15.0. The molecule has 32 heavy (non-hydrogen) atoms. The third-order valence-corrected chi connectivity index (χ3v) is 7.24. The highest BCUT2D eigenvalue weighted by molar-refractivity contribution is 7.93. The number of ether oxygens (including phenoxy) is 1. The van der Waals surface area contributed by atoms with Crippen molar-refractivity contribution in [2.45, 2.75) is 45.6 Å². The second-order valence-electron chi connectivity index (χ2n) is 8.57. The summed E-state index contributed by atoms with van der Waals surface area (Å²) < 4.78 is 43.1. The molecule has 1 atom stereocenters. The van der Waals surface area contributed by atoms with Gasteiger partial charge >= 0.3 is 0 Å². The van der Waals surface area contributed by atoms with Crippen molar-refractivity contribution in [3.8, 4) is 17.1 Å². The van der Waals surface area contributed by atoms with Crippen LogP contribution in [-0.4, -0.2) is 57.5 Å². The second kappa shape index (κ2) is 7.80. The largest absolute Gasteiger partial charge is 0.444 e. The molecule has 1 N–H and O–H groups in total. The van der Waals surface area contributed by atoms with Gasteiger partial charge in [0.05, 0.1) is 28.1 Å². The molecule has 1 fully saturated rings. The van der Waals surface area contributed by atoms with E-state index >= 15 is 0 Å². The van der Waals surface area contributed by atoms with Crippen molar-refractivity contribution in [3.05, 3.63) is 36.2 Å².